The van der Waals surface area contributed by atoms with Gasteiger partial charge < -0.3 is 14.2 Å². The molecular weight excluding hydrogens is 390 g/mol. The van der Waals surface area contributed by atoms with Crippen molar-refractivity contribution in [2.75, 3.05) is 34.0 Å². The second kappa shape index (κ2) is 9.15. The van der Waals surface area contributed by atoms with Crippen molar-refractivity contribution in [3.8, 4) is 11.5 Å². The van der Waals surface area contributed by atoms with Crippen LogP contribution in [0.2, 0.25) is 0 Å². The molecule has 1 heterocycles. The maximum atomic E-state index is 13.2. The lowest BCUT2D eigenvalue weighted by Gasteiger charge is -2.38. The highest BCUT2D eigenvalue weighted by molar-refractivity contribution is 7.89. The lowest BCUT2D eigenvalue weighted by atomic mass is 9.74. The summed E-state index contributed by atoms with van der Waals surface area (Å²) in [5.41, 5.74) is 1.70. The Labute approximate surface area is 173 Å². The van der Waals surface area contributed by atoms with Crippen molar-refractivity contribution in [1.29, 1.82) is 0 Å². The van der Waals surface area contributed by atoms with Gasteiger partial charge in [-0.3, -0.25) is 0 Å². The number of aryl methyl sites for hydroxylation is 1. The van der Waals surface area contributed by atoms with Crippen LogP contribution in [0.25, 0.3) is 0 Å². The second-order valence-corrected chi connectivity index (χ2v) is 9.02. The maximum absolute atomic E-state index is 13.2. The molecule has 0 atom stereocenters. The Bertz CT molecular complexity index is 919. The van der Waals surface area contributed by atoms with Gasteiger partial charge in [0.1, 0.15) is 16.4 Å². The number of methoxy groups -OCH3 is 2. The molecule has 2 aromatic rings. The fourth-order valence-corrected chi connectivity index (χ4v) is 5.08. The molecule has 7 heteroatoms. The maximum Gasteiger partial charge on any atom is 0.244 e. The van der Waals surface area contributed by atoms with E-state index in [1.807, 2.05) is 37.3 Å². The van der Waals surface area contributed by atoms with E-state index in [0.29, 0.717) is 25.5 Å². The van der Waals surface area contributed by atoms with Gasteiger partial charge in [0.25, 0.3) is 0 Å². The SMILES string of the molecule is CCc1ccc(OC)c(S(=O)(=O)NCC2(c3ccc(OC)cc3)CCOCC2)c1. The number of nitrogens with one attached hydrogen (secondary N) is 1. The van der Waals surface area contributed by atoms with Crippen LogP contribution in [0.15, 0.2) is 47.4 Å². The molecule has 0 unspecified atom stereocenters. The van der Waals surface area contributed by atoms with Gasteiger partial charge in [-0.2, -0.15) is 0 Å². The zero-order valence-electron chi connectivity index (χ0n) is 17.2. The van der Waals surface area contributed by atoms with Crippen molar-refractivity contribution >= 4 is 10.0 Å². The Hall–Kier alpha value is -2.09. The first-order valence-electron chi connectivity index (χ1n) is 9.83. The third-order valence-corrected chi connectivity index (χ3v) is 7.10. The number of benzene rings is 2. The molecule has 2 aromatic carbocycles. The fourth-order valence-electron chi connectivity index (χ4n) is 3.74. The highest BCUT2D eigenvalue weighted by Crippen LogP contribution is 2.36. The summed E-state index contributed by atoms with van der Waals surface area (Å²) >= 11 is 0. The fraction of sp³-hybridized carbons (Fsp3) is 0.455. The quantitative estimate of drug-likeness (QED) is 0.711. The predicted molar refractivity (Wildman–Crippen MR) is 112 cm³/mol. The summed E-state index contributed by atoms with van der Waals surface area (Å²) in [4.78, 5) is 0.177. The summed E-state index contributed by atoms with van der Waals surface area (Å²) in [5, 5.41) is 0. The third-order valence-electron chi connectivity index (χ3n) is 5.68. The first-order valence-corrected chi connectivity index (χ1v) is 11.3. The highest BCUT2D eigenvalue weighted by Gasteiger charge is 2.36. The number of sulfonamides is 1. The summed E-state index contributed by atoms with van der Waals surface area (Å²) in [6, 6.07) is 13.1. The summed E-state index contributed by atoms with van der Waals surface area (Å²) in [6.45, 7) is 3.49. The molecule has 0 spiro atoms. The highest BCUT2D eigenvalue weighted by atomic mass is 32.2. The van der Waals surface area contributed by atoms with Crippen LogP contribution in [0, 0.1) is 0 Å². The Balaban J connectivity index is 1.89. The van der Waals surface area contributed by atoms with Gasteiger partial charge in [0.05, 0.1) is 14.2 Å². The van der Waals surface area contributed by atoms with Crippen molar-refractivity contribution < 1.29 is 22.6 Å². The summed E-state index contributed by atoms with van der Waals surface area (Å²) in [6.07, 6.45) is 2.24. The van der Waals surface area contributed by atoms with Crippen LogP contribution in [0.1, 0.15) is 30.9 Å². The van der Waals surface area contributed by atoms with E-state index in [-0.39, 0.29) is 10.3 Å². The molecule has 1 saturated heterocycles. The van der Waals surface area contributed by atoms with E-state index in [9.17, 15) is 8.42 Å². The summed E-state index contributed by atoms with van der Waals surface area (Å²) in [5.74, 6) is 1.12. The van der Waals surface area contributed by atoms with Crippen molar-refractivity contribution in [3.63, 3.8) is 0 Å². The van der Waals surface area contributed by atoms with Crippen LogP contribution in [0.5, 0.6) is 11.5 Å². The Morgan fingerprint density at radius 3 is 2.31 bits per heavy atom. The summed E-state index contributed by atoms with van der Waals surface area (Å²) in [7, 11) is -0.621. The number of hydrogen-bond acceptors (Lipinski definition) is 5. The van der Waals surface area contributed by atoms with Crippen LogP contribution in [-0.2, 0) is 26.6 Å². The molecule has 0 aromatic heterocycles. The Morgan fingerprint density at radius 2 is 1.72 bits per heavy atom. The molecule has 0 radical (unpaired) electrons. The van der Waals surface area contributed by atoms with E-state index < -0.39 is 10.0 Å². The van der Waals surface area contributed by atoms with Crippen molar-refractivity contribution in [1.82, 2.24) is 4.72 Å². The molecule has 1 N–H and O–H groups in total. The average molecular weight is 420 g/mol. The van der Waals surface area contributed by atoms with Gasteiger partial charge in [-0.1, -0.05) is 25.1 Å². The molecule has 3 rings (SSSR count). The number of ether oxygens (including phenoxy) is 3. The molecule has 0 aliphatic carbocycles. The standard InChI is InChI=1S/C22H29NO5S/c1-4-17-5-10-20(27-3)21(15-17)29(24,25)23-16-22(11-13-28-14-12-22)18-6-8-19(26-2)9-7-18/h5-10,15,23H,4,11-14,16H2,1-3H3. The molecular formula is C22H29NO5S. The zero-order valence-corrected chi connectivity index (χ0v) is 18.1. The molecule has 1 aliphatic heterocycles. The van der Waals surface area contributed by atoms with Crippen LogP contribution < -0.4 is 14.2 Å². The number of hydrogen-bond donors (Lipinski definition) is 1. The molecule has 0 amide bonds. The molecule has 0 saturated carbocycles. The van der Waals surface area contributed by atoms with Crippen LogP contribution >= 0.6 is 0 Å². The molecule has 29 heavy (non-hydrogen) atoms. The van der Waals surface area contributed by atoms with E-state index in [0.717, 1.165) is 36.1 Å². The van der Waals surface area contributed by atoms with E-state index in [1.54, 1.807) is 19.2 Å². The van der Waals surface area contributed by atoms with Crippen LogP contribution in [0.4, 0.5) is 0 Å². The minimum atomic E-state index is -3.73. The Kier molecular flexibility index (Phi) is 6.82. The molecule has 1 aliphatic rings. The number of rotatable bonds is 8. The monoisotopic (exact) mass is 419 g/mol. The van der Waals surface area contributed by atoms with Gasteiger partial charge in [0, 0.05) is 25.2 Å². The molecule has 6 nitrogen and oxygen atoms in total. The smallest absolute Gasteiger partial charge is 0.244 e. The topological polar surface area (TPSA) is 73.9 Å². The molecule has 0 bridgehead atoms. The van der Waals surface area contributed by atoms with Gasteiger partial charge in [-0.25, -0.2) is 13.1 Å². The average Bonchev–Trinajstić information content (AvgIpc) is 2.78. The molecule has 158 valence electrons. The third kappa shape index (κ3) is 4.74. The van der Waals surface area contributed by atoms with Gasteiger partial charge in [-0.05, 0) is 54.7 Å². The molecule has 1 fully saturated rings. The van der Waals surface area contributed by atoms with E-state index in [1.165, 1.54) is 7.11 Å². The Morgan fingerprint density at radius 1 is 1.03 bits per heavy atom. The van der Waals surface area contributed by atoms with E-state index in [2.05, 4.69) is 4.72 Å². The van der Waals surface area contributed by atoms with Gasteiger partial charge in [0.15, 0.2) is 0 Å². The minimum absolute atomic E-state index is 0.177. The minimum Gasteiger partial charge on any atom is -0.497 e. The zero-order chi connectivity index (χ0) is 20.9. The van der Waals surface area contributed by atoms with Gasteiger partial charge in [-0.15, -0.1) is 0 Å². The van der Waals surface area contributed by atoms with Crippen molar-refractivity contribution in [2.45, 2.75) is 36.5 Å². The van der Waals surface area contributed by atoms with Crippen molar-refractivity contribution in [3.05, 3.63) is 53.6 Å². The first kappa shape index (κ1) is 21.6. The second-order valence-electron chi connectivity index (χ2n) is 7.28. The van der Waals surface area contributed by atoms with Gasteiger partial charge in [0.2, 0.25) is 10.0 Å². The lowest BCUT2D eigenvalue weighted by Crippen LogP contribution is -2.44. The lowest BCUT2D eigenvalue weighted by molar-refractivity contribution is 0.0517. The van der Waals surface area contributed by atoms with Crippen LogP contribution in [0.3, 0.4) is 0 Å². The largest absolute Gasteiger partial charge is 0.497 e. The van der Waals surface area contributed by atoms with E-state index in [4.69, 9.17) is 14.2 Å². The van der Waals surface area contributed by atoms with Crippen molar-refractivity contribution in [2.24, 2.45) is 0 Å². The van der Waals surface area contributed by atoms with E-state index >= 15 is 0 Å². The first-order chi connectivity index (χ1) is 13.9. The summed E-state index contributed by atoms with van der Waals surface area (Å²) < 4.78 is 45.3. The van der Waals surface area contributed by atoms with Crippen LogP contribution in [-0.4, -0.2) is 42.4 Å². The predicted octanol–water partition coefficient (Wildman–Crippen LogP) is 3.29. The normalized spacial score (nSPS) is 16.4. The van der Waals surface area contributed by atoms with Gasteiger partial charge >= 0.3 is 0 Å².